The van der Waals surface area contributed by atoms with Crippen LogP contribution in [0.1, 0.15) is 34.8 Å². The Balaban J connectivity index is 1.62. The number of aryl methyl sites for hydroxylation is 1. The summed E-state index contributed by atoms with van der Waals surface area (Å²) < 4.78 is 5.32. The summed E-state index contributed by atoms with van der Waals surface area (Å²) in [7, 11) is 1.61. The van der Waals surface area contributed by atoms with Gasteiger partial charge >= 0.3 is 0 Å². The minimum Gasteiger partial charge on any atom is -0.497 e. The predicted molar refractivity (Wildman–Crippen MR) is 99.6 cm³/mol. The lowest BCUT2D eigenvalue weighted by Gasteiger charge is -2.23. The smallest absolute Gasteiger partial charge is 0.253 e. The molecule has 2 heterocycles. The number of nitrogens with one attached hydrogen (secondary N) is 1. The summed E-state index contributed by atoms with van der Waals surface area (Å²) in [4.78, 5) is 27.4. The maximum atomic E-state index is 12.9. The fourth-order valence-corrected chi connectivity index (χ4v) is 3.97. The third-order valence-corrected chi connectivity index (χ3v) is 5.59. The molecule has 1 N–H and O–H groups in total. The van der Waals surface area contributed by atoms with E-state index in [1.165, 1.54) is 5.56 Å². The fourth-order valence-electron chi connectivity index (χ4n) is 3.97. The Hall–Kier alpha value is -2.82. The van der Waals surface area contributed by atoms with Crippen LogP contribution < -0.4 is 10.1 Å². The molecule has 1 saturated heterocycles. The first kappa shape index (κ1) is 16.6. The minimum absolute atomic E-state index is 0.0197. The number of methoxy groups -OCH3 is 1. The molecule has 5 heteroatoms. The molecule has 26 heavy (non-hydrogen) atoms. The van der Waals surface area contributed by atoms with Crippen LogP contribution in [0.5, 0.6) is 5.75 Å². The molecule has 0 aromatic heterocycles. The fraction of sp³-hybridized carbons (Fsp3) is 0.333. The van der Waals surface area contributed by atoms with Gasteiger partial charge in [-0.25, -0.2) is 0 Å². The number of nitrogens with zero attached hydrogens (tertiary/aromatic N) is 1. The highest BCUT2D eigenvalue weighted by atomic mass is 16.5. The van der Waals surface area contributed by atoms with Crippen molar-refractivity contribution >= 4 is 17.5 Å². The first-order chi connectivity index (χ1) is 12.6. The van der Waals surface area contributed by atoms with Crippen molar-refractivity contribution < 1.29 is 14.3 Å². The van der Waals surface area contributed by atoms with Crippen molar-refractivity contribution in [3.8, 4) is 5.75 Å². The van der Waals surface area contributed by atoms with Gasteiger partial charge in [0.2, 0.25) is 5.91 Å². The van der Waals surface area contributed by atoms with E-state index >= 15 is 0 Å². The Kier molecular flexibility index (Phi) is 3.94. The number of anilines is 1. The first-order valence-corrected chi connectivity index (χ1v) is 8.95. The van der Waals surface area contributed by atoms with Crippen molar-refractivity contribution in [3.63, 3.8) is 0 Å². The normalized spacial score (nSPS) is 21.0. The Morgan fingerprint density at radius 2 is 2.00 bits per heavy atom. The van der Waals surface area contributed by atoms with E-state index in [0.29, 0.717) is 25.1 Å². The lowest BCUT2D eigenvalue weighted by Crippen LogP contribution is -2.39. The third-order valence-electron chi connectivity index (χ3n) is 5.59. The van der Waals surface area contributed by atoms with Gasteiger partial charge in [0.1, 0.15) is 5.75 Å². The van der Waals surface area contributed by atoms with E-state index in [1.54, 1.807) is 12.0 Å². The number of likely N-dealkylation sites (tertiary alicyclic amines) is 1. The predicted octanol–water partition coefficient (Wildman–Crippen LogP) is 2.99. The van der Waals surface area contributed by atoms with Crippen LogP contribution in [0, 0.1) is 0 Å². The van der Waals surface area contributed by atoms with E-state index in [2.05, 4.69) is 12.2 Å². The van der Waals surface area contributed by atoms with Gasteiger partial charge in [-0.1, -0.05) is 19.1 Å². The van der Waals surface area contributed by atoms with Gasteiger partial charge in [0.25, 0.3) is 5.91 Å². The van der Waals surface area contributed by atoms with E-state index in [-0.39, 0.29) is 11.8 Å². The van der Waals surface area contributed by atoms with Crippen LogP contribution in [0.25, 0.3) is 0 Å². The second-order valence-electron chi connectivity index (χ2n) is 6.97. The van der Waals surface area contributed by atoms with Gasteiger partial charge in [0, 0.05) is 24.3 Å². The average molecular weight is 350 g/mol. The molecular weight excluding hydrogens is 328 g/mol. The summed E-state index contributed by atoms with van der Waals surface area (Å²) in [6.45, 7) is 3.05. The summed E-state index contributed by atoms with van der Waals surface area (Å²) >= 11 is 0. The zero-order valence-corrected chi connectivity index (χ0v) is 15.0. The van der Waals surface area contributed by atoms with E-state index in [0.717, 1.165) is 23.4 Å². The lowest BCUT2D eigenvalue weighted by molar-refractivity contribution is -0.120. The van der Waals surface area contributed by atoms with Gasteiger partial charge in [-0.3, -0.25) is 9.59 Å². The Morgan fingerprint density at radius 1 is 1.23 bits per heavy atom. The highest BCUT2D eigenvalue weighted by molar-refractivity contribution is 6.07. The second kappa shape index (κ2) is 6.16. The van der Waals surface area contributed by atoms with Crippen LogP contribution in [0.4, 0.5) is 5.69 Å². The van der Waals surface area contributed by atoms with Gasteiger partial charge < -0.3 is 15.0 Å². The number of carbonyl (C=O) groups is 2. The van der Waals surface area contributed by atoms with E-state index < -0.39 is 5.41 Å². The van der Waals surface area contributed by atoms with E-state index in [4.69, 9.17) is 4.74 Å². The molecule has 0 radical (unpaired) electrons. The molecule has 5 nitrogen and oxygen atoms in total. The summed E-state index contributed by atoms with van der Waals surface area (Å²) in [5.74, 6) is 0.672. The van der Waals surface area contributed by atoms with Crippen molar-refractivity contribution in [2.45, 2.75) is 25.2 Å². The first-order valence-electron chi connectivity index (χ1n) is 8.95. The molecule has 1 fully saturated rings. The van der Waals surface area contributed by atoms with Gasteiger partial charge in [0.05, 0.1) is 12.5 Å². The molecule has 2 aliphatic heterocycles. The number of fused-ring (bicyclic) bond motifs is 2. The molecule has 0 bridgehead atoms. The molecule has 2 amide bonds. The maximum Gasteiger partial charge on any atom is 0.253 e. The lowest BCUT2D eigenvalue weighted by atomic mass is 9.81. The van der Waals surface area contributed by atoms with Crippen molar-refractivity contribution in [1.29, 1.82) is 0 Å². The third kappa shape index (κ3) is 2.46. The molecule has 0 aliphatic carbocycles. The van der Waals surface area contributed by atoms with Crippen molar-refractivity contribution in [1.82, 2.24) is 4.90 Å². The standard InChI is InChI=1S/C21H22N2O3/c1-3-14-4-6-15(7-5-14)19(24)23-11-10-21(13-23)17-12-16(26-2)8-9-18(17)22-20(21)25/h4-9,12H,3,10-11,13H2,1-2H3,(H,22,25). The SMILES string of the molecule is CCc1ccc(C(=O)N2CCC3(C2)C(=O)Nc2ccc(OC)cc23)cc1. The molecule has 2 aromatic rings. The zero-order valence-electron chi connectivity index (χ0n) is 15.0. The second-order valence-corrected chi connectivity index (χ2v) is 6.97. The monoisotopic (exact) mass is 350 g/mol. The molecule has 134 valence electrons. The number of carbonyl (C=O) groups excluding carboxylic acids is 2. The summed E-state index contributed by atoms with van der Waals surface area (Å²) in [6.07, 6.45) is 1.57. The van der Waals surface area contributed by atoms with Crippen LogP contribution in [0.15, 0.2) is 42.5 Å². The highest BCUT2D eigenvalue weighted by Gasteiger charge is 2.52. The number of rotatable bonds is 3. The molecule has 2 aromatic carbocycles. The maximum absolute atomic E-state index is 12.9. The Morgan fingerprint density at radius 3 is 2.69 bits per heavy atom. The quantitative estimate of drug-likeness (QED) is 0.926. The largest absolute Gasteiger partial charge is 0.497 e. The number of ether oxygens (including phenoxy) is 1. The number of hydrogen-bond donors (Lipinski definition) is 1. The van der Waals surface area contributed by atoms with Crippen LogP contribution in [-0.4, -0.2) is 36.9 Å². The number of amides is 2. The number of benzene rings is 2. The van der Waals surface area contributed by atoms with Crippen LogP contribution >= 0.6 is 0 Å². The molecule has 1 unspecified atom stereocenters. The van der Waals surface area contributed by atoms with Crippen molar-refractivity contribution in [2.24, 2.45) is 0 Å². The van der Waals surface area contributed by atoms with E-state index in [9.17, 15) is 9.59 Å². The summed E-state index contributed by atoms with van der Waals surface area (Å²) in [5.41, 5.74) is 2.94. The Bertz CT molecular complexity index is 875. The zero-order chi connectivity index (χ0) is 18.3. The molecule has 4 rings (SSSR count). The molecule has 1 spiro atoms. The van der Waals surface area contributed by atoms with Gasteiger partial charge in [-0.05, 0) is 54.3 Å². The minimum atomic E-state index is -0.678. The Labute approximate surface area is 153 Å². The van der Waals surface area contributed by atoms with E-state index in [1.807, 2.05) is 42.5 Å². The summed E-state index contributed by atoms with van der Waals surface area (Å²) in [5, 5.41) is 2.96. The molecule has 1 atom stereocenters. The van der Waals surface area contributed by atoms with Crippen LogP contribution in [-0.2, 0) is 16.6 Å². The van der Waals surface area contributed by atoms with Gasteiger partial charge in [-0.2, -0.15) is 0 Å². The highest BCUT2D eigenvalue weighted by Crippen LogP contribution is 2.45. The van der Waals surface area contributed by atoms with Gasteiger partial charge in [-0.15, -0.1) is 0 Å². The van der Waals surface area contributed by atoms with Crippen molar-refractivity contribution in [2.75, 3.05) is 25.5 Å². The molecule has 0 saturated carbocycles. The van der Waals surface area contributed by atoms with Crippen LogP contribution in [0.2, 0.25) is 0 Å². The van der Waals surface area contributed by atoms with Crippen LogP contribution in [0.3, 0.4) is 0 Å². The van der Waals surface area contributed by atoms with Crippen molar-refractivity contribution in [3.05, 3.63) is 59.2 Å². The molecular formula is C21H22N2O3. The number of hydrogen-bond acceptors (Lipinski definition) is 3. The average Bonchev–Trinajstić information content (AvgIpc) is 3.24. The summed E-state index contributed by atoms with van der Waals surface area (Å²) in [6, 6.07) is 13.3. The molecule has 2 aliphatic rings. The topological polar surface area (TPSA) is 58.6 Å². The van der Waals surface area contributed by atoms with Gasteiger partial charge in [0.15, 0.2) is 0 Å².